The van der Waals surface area contributed by atoms with E-state index in [2.05, 4.69) is 39.8 Å². The molecule has 0 radical (unpaired) electrons. The van der Waals surface area contributed by atoms with Gasteiger partial charge in [-0.15, -0.1) is 0 Å². The number of hydrogen-bond acceptors (Lipinski definition) is 5. The minimum absolute atomic E-state index is 0.0202. The molecule has 4 aromatic rings. The number of aromatic nitrogens is 2. The number of ether oxygens (including phenoxy) is 1. The molecule has 0 spiro atoms. The highest BCUT2D eigenvalue weighted by Crippen LogP contribution is 2.26. The van der Waals surface area contributed by atoms with Crippen LogP contribution in [0.4, 0.5) is 10.1 Å². The zero-order valence-corrected chi connectivity index (χ0v) is 23.0. The molecule has 0 bridgehead atoms. The number of methoxy groups -OCH3 is 1. The van der Waals surface area contributed by atoms with Crippen molar-refractivity contribution in [1.29, 1.82) is 0 Å². The number of halogens is 1. The van der Waals surface area contributed by atoms with Crippen LogP contribution in [0.25, 0.3) is 11.0 Å². The van der Waals surface area contributed by atoms with Crippen molar-refractivity contribution in [3.63, 3.8) is 0 Å². The second-order valence-electron chi connectivity index (χ2n) is 10.8. The van der Waals surface area contributed by atoms with E-state index in [1.165, 1.54) is 11.6 Å². The standard InChI is InChI=1S/C32H36FN5O2/c1-40-26-14-12-24(13-15-26)21-38-30-11-5-3-9-28(30)34-31(38)23-35-16-6-7-25(22-35)32(39)37-19-17-36(18-20-37)29-10-4-2-8-27(29)33/h2-5,8-15,25H,6-7,16-23H2,1H3/t25-/m1/s1. The van der Waals surface area contributed by atoms with Gasteiger partial charge in [0.1, 0.15) is 17.4 Å². The molecular weight excluding hydrogens is 505 g/mol. The van der Waals surface area contributed by atoms with Crippen LogP contribution in [-0.2, 0) is 17.9 Å². The maximum absolute atomic E-state index is 14.3. The lowest BCUT2D eigenvalue weighted by Gasteiger charge is -2.39. The van der Waals surface area contributed by atoms with Crippen molar-refractivity contribution in [2.24, 2.45) is 5.92 Å². The van der Waals surface area contributed by atoms with Crippen LogP contribution in [0, 0.1) is 11.7 Å². The molecule has 6 rings (SSSR count). The topological polar surface area (TPSA) is 53.8 Å². The number of amides is 1. The maximum Gasteiger partial charge on any atom is 0.227 e. The summed E-state index contributed by atoms with van der Waals surface area (Å²) in [7, 11) is 1.68. The third kappa shape index (κ3) is 5.54. The number of para-hydroxylation sites is 3. The lowest BCUT2D eigenvalue weighted by molar-refractivity contribution is -0.137. The summed E-state index contributed by atoms with van der Waals surface area (Å²) in [6.45, 7) is 5.67. The number of imidazole rings is 1. The van der Waals surface area contributed by atoms with Gasteiger partial charge in [-0.2, -0.15) is 0 Å². The molecule has 7 nitrogen and oxygen atoms in total. The monoisotopic (exact) mass is 541 g/mol. The van der Waals surface area contributed by atoms with E-state index in [0.717, 1.165) is 55.1 Å². The van der Waals surface area contributed by atoms with Crippen LogP contribution in [0.1, 0.15) is 24.2 Å². The van der Waals surface area contributed by atoms with Crippen LogP contribution >= 0.6 is 0 Å². The third-order valence-corrected chi connectivity index (χ3v) is 8.24. The molecule has 3 heterocycles. The molecule has 0 N–H and O–H groups in total. The molecule has 0 saturated carbocycles. The largest absolute Gasteiger partial charge is 0.497 e. The molecule has 3 aromatic carbocycles. The van der Waals surface area contributed by atoms with Crippen molar-refractivity contribution < 1.29 is 13.9 Å². The molecule has 2 aliphatic rings. The minimum atomic E-state index is -0.205. The van der Waals surface area contributed by atoms with Crippen LogP contribution < -0.4 is 9.64 Å². The van der Waals surface area contributed by atoms with E-state index in [1.807, 2.05) is 40.1 Å². The quantitative estimate of drug-likeness (QED) is 0.337. The molecule has 208 valence electrons. The molecule has 8 heteroatoms. The first-order valence-corrected chi connectivity index (χ1v) is 14.2. The van der Waals surface area contributed by atoms with Gasteiger partial charge in [0.15, 0.2) is 0 Å². The highest BCUT2D eigenvalue weighted by Gasteiger charge is 2.32. The van der Waals surface area contributed by atoms with Crippen molar-refractivity contribution >= 4 is 22.6 Å². The Labute approximate surface area is 234 Å². The Morgan fingerprint density at radius 2 is 1.68 bits per heavy atom. The summed E-state index contributed by atoms with van der Waals surface area (Å²) in [4.78, 5) is 24.9. The van der Waals surface area contributed by atoms with Crippen molar-refractivity contribution in [2.75, 3.05) is 51.3 Å². The van der Waals surface area contributed by atoms with Crippen molar-refractivity contribution in [3.05, 3.63) is 90.0 Å². The first-order valence-electron chi connectivity index (χ1n) is 14.2. The van der Waals surface area contributed by atoms with Gasteiger partial charge >= 0.3 is 0 Å². The van der Waals surface area contributed by atoms with Crippen molar-refractivity contribution in [3.8, 4) is 5.75 Å². The van der Waals surface area contributed by atoms with Crippen LogP contribution in [-0.4, -0.2) is 71.6 Å². The number of hydrogen-bond donors (Lipinski definition) is 0. The summed E-state index contributed by atoms with van der Waals surface area (Å²) in [6.07, 6.45) is 1.90. The number of anilines is 1. The van der Waals surface area contributed by atoms with Crippen LogP contribution in [0.2, 0.25) is 0 Å². The van der Waals surface area contributed by atoms with Gasteiger partial charge in [-0.1, -0.05) is 36.4 Å². The minimum Gasteiger partial charge on any atom is -0.497 e. The Kier molecular flexibility index (Phi) is 7.68. The molecule has 1 atom stereocenters. The molecule has 2 saturated heterocycles. The number of piperidine rings is 1. The van der Waals surface area contributed by atoms with E-state index in [1.54, 1.807) is 13.2 Å². The summed E-state index contributed by atoms with van der Waals surface area (Å²) in [5, 5.41) is 0. The Bertz CT molecular complexity index is 1460. The zero-order valence-electron chi connectivity index (χ0n) is 23.0. The van der Waals surface area contributed by atoms with Gasteiger partial charge in [0, 0.05) is 39.3 Å². The van der Waals surface area contributed by atoms with Gasteiger partial charge in [0.05, 0.1) is 36.3 Å². The molecule has 2 aliphatic heterocycles. The predicted molar refractivity (Wildman–Crippen MR) is 155 cm³/mol. The normalized spacial score (nSPS) is 18.3. The van der Waals surface area contributed by atoms with E-state index in [0.29, 0.717) is 38.4 Å². The van der Waals surface area contributed by atoms with Crippen LogP contribution in [0.3, 0.4) is 0 Å². The predicted octanol–water partition coefficient (Wildman–Crippen LogP) is 4.79. The fourth-order valence-corrected chi connectivity index (χ4v) is 6.07. The summed E-state index contributed by atoms with van der Waals surface area (Å²) < 4.78 is 21.9. The average Bonchev–Trinajstić information content (AvgIpc) is 3.34. The smallest absolute Gasteiger partial charge is 0.227 e. The number of piperazine rings is 1. The number of likely N-dealkylation sites (tertiary alicyclic amines) is 1. The molecule has 1 aromatic heterocycles. The Morgan fingerprint density at radius 3 is 2.45 bits per heavy atom. The Balaban J connectivity index is 1.12. The molecule has 0 unspecified atom stereocenters. The second-order valence-corrected chi connectivity index (χ2v) is 10.8. The number of carbonyl (C=O) groups excluding carboxylic acids is 1. The molecule has 1 amide bonds. The fraction of sp³-hybridized carbons (Fsp3) is 0.375. The number of fused-ring (bicyclic) bond motifs is 1. The zero-order chi connectivity index (χ0) is 27.5. The molecule has 0 aliphatic carbocycles. The van der Waals surface area contributed by atoms with Gasteiger partial charge in [-0.25, -0.2) is 9.37 Å². The fourth-order valence-electron chi connectivity index (χ4n) is 6.07. The maximum atomic E-state index is 14.3. The van der Waals surface area contributed by atoms with E-state index in [4.69, 9.17) is 9.72 Å². The van der Waals surface area contributed by atoms with Gasteiger partial charge < -0.3 is 19.1 Å². The molecule has 2 fully saturated rings. The van der Waals surface area contributed by atoms with Gasteiger partial charge in [0.2, 0.25) is 5.91 Å². The Morgan fingerprint density at radius 1 is 0.925 bits per heavy atom. The number of rotatable bonds is 7. The highest BCUT2D eigenvalue weighted by atomic mass is 19.1. The van der Waals surface area contributed by atoms with Gasteiger partial charge in [-0.3, -0.25) is 9.69 Å². The second kappa shape index (κ2) is 11.7. The van der Waals surface area contributed by atoms with Crippen LogP contribution in [0.5, 0.6) is 5.75 Å². The van der Waals surface area contributed by atoms with Crippen molar-refractivity contribution in [2.45, 2.75) is 25.9 Å². The van der Waals surface area contributed by atoms with E-state index < -0.39 is 0 Å². The first kappa shape index (κ1) is 26.3. The highest BCUT2D eigenvalue weighted by molar-refractivity contribution is 5.79. The average molecular weight is 542 g/mol. The molecule has 40 heavy (non-hydrogen) atoms. The van der Waals surface area contributed by atoms with E-state index in [-0.39, 0.29) is 17.6 Å². The summed E-state index contributed by atoms with van der Waals surface area (Å²) >= 11 is 0. The van der Waals surface area contributed by atoms with Crippen LogP contribution in [0.15, 0.2) is 72.8 Å². The van der Waals surface area contributed by atoms with E-state index >= 15 is 0 Å². The van der Waals surface area contributed by atoms with E-state index in [9.17, 15) is 9.18 Å². The summed E-state index contributed by atoms with van der Waals surface area (Å²) in [5.41, 5.74) is 3.91. The van der Waals surface area contributed by atoms with Gasteiger partial charge in [-0.05, 0) is 61.3 Å². The number of benzene rings is 3. The SMILES string of the molecule is COc1ccc(Cn2c(CN3CCC[C@@H](C(=O)N4CCN(c5ccccc5F)CC4)C3)nc3ccccc32)cc1. The Hall–Kier alpha value is -3.91. The van der Waals surface area contributed by atoms with Crippen molar-refractivity contribution in [1.82, 2.24) is 19.4 Å². The summed E-state index contributed by atoms with van der Waals surface area (Å²) in [6, 6.07) is 23.3. The third-order valence-electron chi connectivity index (χ3n) is 8.24. The lowest BCUT2D eigenvalue weighted by atomic mass is 9.96. The molecular formula is C32H36FN5O2. The lowest BCUT2D eigenvalue weighted by Crippen LogP contribution is -2.52. The number of nitrogens with zero attached hydrogens (tertiary/aromatic N) is 5. The first-order chi connectivity index (χ1) is 19.6. The number of carbonyl (C=O) groups is 1. The van der Waals surface area contributed by atoms with Gasteiger partial charge in [0.25, 0.3) is 0 Å². The summed E-state index contributed by atoms with van der Waals surface area (Å²) in [5.74, 6) is 1.86.